The molecule has 1 heterocycles. The van der Waals surface area contributed by atoms with Crippen molar-refractivity contribution in [2.24, 2.45) is 0 Å². The summed E-state index contributed by atoms with van der Waals surface area (Å²) in [6.07, 6.45) is 0.738. The fraction of sp³-hybridized carbons (Fsp3) is 0.273. The molecule has 0 aliphatic heterocycles. The second-order valence-corrected chi connectivity index (χ2v) is 4.26. The molecule has 0 unspecified atom stereocenters. The zero-order chi connectivity index (χ0) is 9.97. The topological polar surface area (TPSA) is 29.5 Å². The van der Waals surface area contributed by atoms with Crippen LogP contribution < -0.4 is 4.74 Å². The third-order valence-corrected chi connectivity index (χ3v) is 3.29. The molecule has 14 heavy (non-hydrogen) atoms. The molecule has 1 aromatic carbocycles. The molecule has 0 bridgehead atoms. The first-order valence-electron chi connectivity index (χ1n) is 4.51. The van der Waals surface area contributed by atoms with Crippen LogP contribution in [0.1, 0.15) is 4.88 Å². The summed E-state index contributed by atoms with van der Waals surface area (Å²) in [6.45, 7) is 0.212. The van der Waals surface area contributed by atoms with Gasteiger partial charge in [0, 0.05) is 22.6 Å². The second-order valence-electron chi connectivity index (χ2n) is 3.09. The summed E-state index contributed by atoms with van der Waals surface area (Å²) >= 11 is 1.71. The summed E-state index contributed by atoms with van der Waals surface area (Å²) in [7, 11) is 1.67. The van der Waals surface area contributed by atoms with Gasteiger partial charge in [-0.3, -0.25) is 0 Å². The number of methoxy groups -OCH3 is 1. The van der Waals surface area contributed by atoms with Gasteiger partial charge in [-0.15, -0.1) is 11.3 Å². The lowest BCUT2D eigenvalue weighted by Gasteiger charge is -1.97. The van der Waals surface area contributed by atoms with E-state index in [9.17, 15) is 0 Å². The molecule has 0 saturated heterocycles. The summed E-state index contributed by atoms with van der Waals surface area (Å²) in [5, 5.41) is 10.0. The summed E-state index contributed by atoms with van der Waals surface area (Å²) in [5.74, 6) is 0.884. The van der Waals surface area contributed by atoms with E-state index in [1.54, 1.807) is 18.4 Å². The summed E-state index contributed by atoms with van der Waals surface area (Å²) in [5.41, 5.74) is 0. The molecular weight excluding hydrogens is 196 g/mol. The van der Waals surface area contributed by atoms with Crippen LogP contribution in [0.3, 0.4) is 0 Å². The SMILES string of the molecule is COc1ccc2cc(CCO)sc2c1. The van der Waals surface area contributed by atoms with Crippen molar-refractivity contribution < 1.29 is 9.84 Å². The Morgan fingerprint density at radius 3 is 2.93 bits per heavy atom. The maximum Gasteiger partial charge on any atom is 0.120 e. The number of aliphatic hydroxyl groups is 1. The Morgan fingerprint density at radius 2 is 2.21 bits per heavy atom. The number of ether oxygens (including phenoxy) is 1. The molecule has 2 rings (SSSR count). The van der Waals surface area contributed by atoms with E-state index in [0.29, 0.717) is 0 Å². The lowest BCUT2D eigenvalue weighted by Crippen LogP contribution is -1.84. The van der Waals surface area contributed by atoms with Crippen molar-refractivity contribution in [2.75, 3.05) is 13.7 Å². The lowest BCUT2D eigenvalue weighted by molar-refractivity contribution is 0.300. The van der Waals surface area contributed by atoms with Crippen molar-refractivity contribution in [3.05, 3.63) is 29.1 Å². The molecule has 0 saturated carbocycles. The van der Waals surface area contributed by atoms with Gasteiger partial charge in [-0.2, -0.15) is 0 Å². The van der Waals surface area contributed by atoms with Crippen LogP contribution in [0, 0.1) is 0 Å². The molecule has 74 valence electrons. The van der Waals surface area contributed by atoms with Crippen LogP contribution in [0.2, 0.25) is 0 Å². The zero-order valence-corrected chi connectivity index (χ0v) is 8.80. The van der Waals surface area contributed by atoms with Gasteiger partial charge in [-0.25, -0.2) is 0 Å². The molecule has 0 aliphatic carbocycles. The molecule has 0 spiro atoms. The molecule has 1 aromatic heterocycles. The lowest BCUT2D eigenvalue weighted by atomic mass is 10.2. The van der Waals surface area contributed by atoms with E-state index in [0.717, 1.165) is 12.2 Å². The van der Waals surface area contributed by atoms with Crippen molar-refractivity contribution in [1.29, 1.82) is 0 Å². The highest BCUT2D eigenvalue weighted by molar-refractivity contribution is 7.19. The number of aliphatic hydroxyl groups excluding tert-OH is 1. The Labute approximate surface area is 86.8 Å². The zero-order valence-electron chi connectivity index (χ0n) is 7.99. The van der Waals surface area contributed by atoms with Gasteiger partial charge in [-0.05, 0) is 29.7 Å². The molecule has 0 radical (unpaired) electrons. The summed E-state index contributed by atoms with van der Waals surface area (Å²) in [4.78, 5) is 1.22. The highest BCUT2D eigenvalue weighted by Gasteiger charge is 2.02. The van der Waals surface area contributed by atoms with E-state index in [2.05, 4.69) is 6.07 Å². The van der Waals surface area contributed by atoms with Gasteiger partial charge in [-0.1, -0.05) is 0 Å². The monoisotopic (exact) mass is 208 g/mol. The van der Waals surface area contributed by atoms with E-state index in [1.807, 2.05) is 18.2 Å². The highest BCUT2D eigenvalue weighted by Crippen LogP contribution is 2.29. The minimum absolute atomic E-state index is 0.212. The Hall–Kier alpha value is -1.06. The van der Waals surface area contributed by atoms with Crippen molar-refractivity contribution in [3.8, 4) is 5.75 Å². The quantitative estimate of drug-likeness (QED) is 0.839. The fourth-order valence-corrected chi connectivity index (χ4v) is 2.51. The largest absolute Gasteiger partial charge is 0.497 e. The summed E-state index contributed by atoms with van der Waals surface area (Å²) in [6, 6.07) is 8.15. The van der Waals surface area contributed by atoms with Crippen LogP contribution in [0.15, 0.2) is 24.3 Å². The van der Waals surface area contributed by atoms with E-state index in [1.165, 1.54) is 15.0 Å². The minimum Gasteiger partial charge on any atom is -0.497 e. The molecule has 2 nitrogen and oxygen atoms in total. The third kappa shape index (κ3) is 1.74. The van der Waals surface area contributed by atoms with Crippen molar-refractivity contribution in [2.45, 2.75) is 6.42 Å². The highest BCUT2D eigenvalue weighted by atomic mass is 32.1. The van der Waals surface area contributed by atoms with E-state index < -0.39 is 0 Å². The first-order chi connectivity index (χ1) is 6.83. The maximum absolute atomic E-state index is 8.83. The van der Waals surface area contributed by atoms with E-state index >= 15 is 0 Å². The van der Waals surface area contributed by atoms with Gasteiger partial charge < -0.3 is 9.84 Å². The van der Waals surface area contributed by atoms with Crippen LogP contribution in [0.4, 0.5) is 0 Å². The first-order valence-corrected chi connectivity index (χ1v) is 5.32. The van der Waals surface area contributed by atoms with Gasteiger partial charge in [0.05, 0.1) is 7.11 Å². The third-order valence-electron chi connectivity index (χ3n) is 2.14. The van der Waals surface area contributed by atoms with Gasteiger partial charge >= 0.3 is 0 Å². The van der Waals surface area contributed by atoms with Crippen molar-refractivity contribution in [1.82, 2.24) is 0 Å². The first kappa shape index (κ1) is 9.49. The van der Waals surface area contributed by atoms with Gasteiger partial charge in [0.1, 0.15) is 5.75 Å². The molecule has 0 fully saturated rings. The Morgan fingerprint density at radius 1 is 1.36 bits per heavy atom. The number of benzene rings is 1. The van der Waals surface area contributed by atoms with Gasteiger partial charge in [0.2, 0.25) is 0 Å². The summed E-state index contributed by atoms with van der Waals surface area (Å²) < 4.78 is 6.36. The Bertz CT molecular complexity index is 434. The molecule has 0 atom stereocenters. The predicted molar refractivity (Wildman–Crippen MR) is 59.2 cm³/mol. The Balaban J connectivity index is 2.43. The van der Waals surface area contributed by atoms with Crippen LogP contribution in [0.5, 0.6) is 5.75 Å². The molecule has 0 aliphatic rings. The van der Waals surface area contributed by atoms with Crippen LogP contribution in [0.25, 0.3) is 10.1 Å². The predicted octanol–water partition coefficient (Wildman–Crippen LogP) is 2.44. The molecule has 2 aromatic rings. The maximum atomic E-state index is 8.83. The molecule has 1 N–H and O–H groups in total. The average Bonchev–Trinajstić information content (AvgIpc) is 2.59. The number of hydrogen-bond donors (Lipinski definition) is 1. The standard InChI is InChI=1S/C11H12O2S/c1-13-9-3-2-8-6-10(4-5-12)14-11(8)7-9/h2-3,6-7,12H,4-5H2,1H3. The molecular formula is C11H12O2S. The number of rotatable bonds is 3. The average molecular weight is 208 g/mol. The number of hydrogen-bond acceptors (Lipinski definition) is 3. The number of fused-ring (bicyclic) bond motifs is 1. The fourth-order valence-electron chi connectivity index (χ4n) is 1.43. The van der Waals surface area contributed by atoms with Gasteiger partial charge in [0.25, 0.3) is 0 Å². The van der Waals surface area contributed by atoms with E-state index in [-0.39, 0.29) is 6.61 Å². The van der Waals surface area contributed by atoms with E-state index in [4.69, 9.17) is 9.84 Å². The Kier molecular flexibility index (Phi) is 2.70. The van der Waals surface area contributed by atoms with Gasteiger partial charge in [0.15, 0.2) is 0 Å². The van der Waals surface area contributed by atoms with Crippen molar-refractivity contribution >= 4 is 21.4 Å². The smallest absolute Gasteiger partial charge is 0.120 e. The second kappa shape index (κ2) is 3.98. The normalized spacial score (nSPS) is 10.7. The van der Waals surface area contributed by atoms with Crippen LogP contribution in [-0.2, 0) is 6.42 Å². The minimum atomic E-state index is 0.212. The van der Waals surface area contributed by atoms with Crippen LogP contribution in [-0.4, -0.2) is 18.8 Å². The van der Waals surface area contributed by atoms with Crippen molar-refractivity contribution in [3.63, 3.8) is 0 Å². The molecule has 3 heteroatoms. The van der Waals surface area contributed by atoms with Crippen LogP contribution >= 0.6 is 11.3 Å². The molecule has 0 amide bonds. The number of thiophene rings is 1.